The highest BCUT2D eigenvalue weighted by Gasteiger charge is 2.46. The molecule has 2 amide bonds. The Labute approximate surface area is 189 Å². The molecule has 0 bridgehead atoms. The second-order valence-electron chi connectivity index (χ2n) is 6.54. The van der Waals surface area contributed by atoms with Crippen LogP contribution in [0.3, 0.4) is 0 Å². The van der Waals surface area contributed by atoms with Gasteiger partial charge in [0.2, 0.25) is 0 Å². The molecule has 10 heteroatoms. The van der Waals surface area contributed by atoms with Gasteiger partial charge in [0, 0.05) is 12.1 Å². The zero-order valence-electron chi connectivity index (χ0n) is 16.3. The molecule has 1 saturated heterocycles. The molecular weight excluding hydrogens is 456 g/mol. The third kappa shape index (κ3) is 3.36. The fraction of sp³-hybridized carbons (Fsp3) is 0.0952. The quantitative estimate of drug-likeness (QED) is 0.375. The predicted octanol–water partition coefficient (Wildman–Crippen LogP) is 3.19. The summed E-state index contributed by atoms with van der Waals surface area (Å²) in [5, 5.41) is 0. The van der Waals surface area contributed by atoms with E-state index in [-0.39, 0.29) is 31.9 Å². The predicted molar refractivity (Wildman–Crippen MR) is 123 cm³/mol. The van der Waals surface area contributed by atoms with Crippen LogP contribution in [0, 0.1) is 0 Å². The Kier molecular flexibility index (Phi) is 5.46. The summed E-state index contributed by atoms with van der Waals surface area (Å²) in [5.74, 6) is -0.758. The number of carbonyl (C=O) groups excluding carboxylic acids is 2. The Morgan fingerprint density at radius 3 is 2.42 bits per heavy atom. The van der Waals surface area contributed by atoms with Crippen LogP contribution in [0.1, 0.15) is 5.56 Å². The number of benzene rings is 2. The molecule has 0 radical (unpaired) electrons. The van der Waals surface area contributed by atoms with Crippen molar-refractivity contribution >= 4 is 61.4 Å². The number of sulfonamides is 1. The van der Waals surface area contributed by atoms with E-state index >= 15 is 0 Å². The molecule has 0 aliphatic carbocycles. The van der Waals surface area contributed by atoms with Gasteiger partial charge in [-0.3, -0.25) is 14.5 Å². The van der Waals surface area contributed by atoms with Crippen LogP contribution in [-0.4, -0.2) is 43.1 Å². The van der Waals surface area contributed by atoms with Crippen LogP contribution in [0.5, 0.6) is 5.75 Å². The second-order valence-corrected chi connectivity index (χ2v) is 9.97. The van der Waals surface area contributed by atoms with Crippen LogP contribution in [0.2, 0.25) is 0 Å². The number of para-hydroxylation sites is 1. The maximum atomic E-state index is 13.4. The van der Waals surface area contributed by atoms with Crippen LogP contribution < -0.4 is 9.04 Å². The normalized spacial score (nSPS) is 18.5. The molecule has 2 aliphatic rings. The summed E-state index contributed by atoms with van der Waals surface area (Å²) < 4.78 is 32.9. The zero-order valence-corrected chi connectivity index (χ0v) is 18.7. The van der Waals surface area contributed by atoms with Crippen molar-refractivity contribution in [3.05, 3.63) is 71.7 Å². The first kappa shape index (κ1) is 21.3. The lowest BCUT2D eigenvalue weighted by atomic mass is 10.1. The fourth-order valence-corrected chi connectivity index (χ4v) is 6.10. The highest BCUT2D eigenvalue weighted by Crippen LogP contribution is 2.46. The lowest BCUT2D eigenvalue weighted by molar-refractivity contribution is -0.122. The summed E-state index contributed by atoms with van der Waals surface area (Å²) in [6, 6.07) is 12.2. The molecule has 158 valence electrons. The Balaban J connectivity index is 1.86. The van der Waals surface area contributed by atoms with Crippen LogP contribution in [0.4, 0.5) is 5.69 Å². The van der Waals surface area contributed by atoms with Crippen LogP contribution in [-0.2, 0) is 19.6 Å². The van der Waals surface area contributed by atoms with Crippen molar-refractivity contribution in [2.45, 2.75) is 4.90 Å². The zero-order chi connectivity index (χ0) is 22.3. The average Bonchev–Trinajstić information content (AvgIpc) is 3.21. The number of amides is 2. The van der Waals surface area contributed by atoms with Crippen molar-refractivity contribution in [1.82, 2.24) is 4.90 Å². The maximum Gasteiger partial charge on any atom is 0.274 e. The van der Waals surface area contributed by atoms with Crippen molar-refractivity contribution in [3.8, 4) is 5.75 Å². The minimum Gasteiger partial charge on any atom is -0.497 e. The second kappa shape index (κ2) is 7.95. The van der Waals surface area contributed by atoms with Gasteiger partial charge in [-0.05, 0) is 30.3 Å². The number of fused-ring (bicyclic) bond motifs is 1. The van der Waals surface area contributed by atoms with Gasteiger partial charge in [0.15, 0.2) is 0 Å². The number of nitrogens with zero attached hydrogens (tertiary/aromatic N) is 2. The largest absolute Gasteiger partial charge is 0.497 e. The highest BCUT2D eigenvalue weighted by molar-refractivity contribution is 8.26. The van der Waals surface area contributed by atoms with E-state index < -0.39 is 21.8 Å². The highest BCUT2D eigenvalue weighted by atomic mass is 32.2. The first-order valence-electron chi connectivity index (χ1n) is 9.03. The molecule has 1 fully saturated rings. The van der Waals surface area contributed by atoms with Gasteiger partial charge >= 0.3 is 0 Å². The Morgan fingerprint density at radius 1 is 1.10 bits per heavy atom. The smallest absolute Gasteiger partial charge is 0.274 e. The van der Waals surface area contributed by atoms with Crippen molar-refractivity contribution in [2.24, 2.45) is 0 Å². The Bertz CT molecular complexity index is 1270. The molecule has 4 rings (SSSR count). The topological polar surface area (TPSA) is 84.0 Å². The Hall–Kier alpha value is -2.95. The monoisotopic (exact) mass is 472 g/mol. The van der Waals surface area contributed by atoms with Gasteiger partial charge in [0.05, 0.1) is 28.2 Å². The molecule has 2 aliphatic heterocycles. The van der Waals surface area contributed by atoms with Crippen molar-refractivity contribution in [3.63, 3.8) is 0 Å². The number of rotatable bonds is 5. The molecule has 0 aromatic heterocycles. The van der Waals surface area contributed by atoms with Crippen molar-refractivity contribution in [1.29, 1.82) is 0 Å². The fourth-order valence-electron chi connectivity index (χ4n) is 3.34. The number of hydrogen-bond acceptors (Lipinski definition) is 7. The van der Waals surface area contributed by atoms with E-state index in [1.807, 2.05) is 0 Å². The number of ether oxygens (including phenoxy) is 1. The average molecular weight is 473 g/mol. The van der Waals surface area contributed by atoms with Gasteiger partial charge in [-0.15, -0.1) is 6.58 Å². The van der Waals surface area contributed by atoms with Gasteiger partial charge in [0.1, 0.15) is 10.1 Å². The minimum atomic E-state index is -4.23. The Morgan fingerprint density at radius 2 is 1.77 bits per heavy atom. The van der Waals surface area contributed by atoms with Gasteiger partial charge in [-0.25, -0.2) is 8.42 Å². The van der Waals surface area contributed by atoms with E-state index in [0.29, 0.717) is 11.3 Å². The molecule has 2 aromatic rings. The maximum absolute atomic E-state index is 13.4. The molecule has 0 atom stereocenters. The summed E-state index contributed by atoms with van der Waals surface area (Å²) in [5.41, 5.74) is 0.576. The summed E-state index contributed by atoms with van der Waals surface area (Å²) in [6.07, 6.45) is 1.53. The summed E-state index contributed by atoms with van der Waals surface area (Å²) in [7, 11) is -2.76. The van der Waals surface area contributed by atoms with Gasteiger partial charge in [-0.1, -0.05) is 48.3 Å². The van der Waals surface area contributed by atoms with Gasteiger partial charge < -0.3 is 4.74 Å². The molecule has 0 unspecified atom stereocenters. The van der Waals surface area contributed by atoms with Crippen molar-refractivity contribution in [2.75, 3.05) is 18.0 Å². The molecule has 2 aromatic carbocycles. The lowest BCUT2D eigenvalue weighted by Crippen LogP contribution is -2.34. The van der Waals surface area contributed by atoms with Crippen molar-refractivity contribution < 1.29 is 22.7 Å². The van der Waals surface area contributed by atoms with E-state index in [1.165, 1.54) is 48.4 Å². The van der Waals surface area contributed by atoms with Gasteiger partial charge in [0.25, 0.3) is 21.8 Å². The number of methoxy groups -OCH3 is 1. The lowest BCUT2D eigenvalue weighted by Gasteiger charge is -2.17. The first-order chi connectivity index (χ1) is 14.8. The molecule has 31 heavy (non-hydrogen) atoms. The molecule has 0 saturated carbocycles. The van der Waals surface area contributed by atoms with Crippen LogP contribution in [0.25, 0.3) is 5.57 Å². The molecular formula is C21H16N2O5S3. The summed E-state index contributed by atoms with van der Waals surface area (Å²) in [6.45, 7) is 3.81. The molecule has 0 N–H and O–H groups in total. The van der Waals surface area contributed by atoms with E-state index in [0.717, 1.165) is 16.1 Å². The van der Waals surface area contributed by atoms with Crippen LogP contribution in [0.15, 0.2) is 71.0 Å². The standard InChI is InChI=1S/C21H16N2O5S3/c1-3-12-22-20(25)18(30-21(22)29)17-15-6-4-5-7-16(15)23(19(17)24)31(26,27)14-10-8-13(28-2)9-11-14/h3-11H,1,12H2,2H3/b18-17-. The summed E-state index contributed by atoms with van der Waals surface area (Å²) >= 11 is 6.25. The number of hydrogen-bond donors (Lipinski definition) is 0. The third-order valence-corrected chi connectivity index (χ3v) is 7.94. The molecule has 2 heterocycles. The molecule has 0 spiro atoms. The van der Waals surface area contributed by atoms with Crippen LogP contribution >= 0.6 is 24.0 Å². The van der Waals surface area contributed by atoms with E-state index in [9.17, 15) is 18.0 Å². The van der Waals surface area contributed by atoms with E-state index in [4.69, 9.17) is 17.0 Å². The van der Waals surface area contributed by atoms with Gasteiger partial charge in [-0.2, -0.15) is 4.31 Å². The first-order valence-corrected chi connectivity index (χ1v) is 11.7. The molecule has 7 nitrogen and oxygen atoms in total. The number of thioether (sulfide) groups is 1. The number of anilines is 1. The number of carbonyl (C=O) groups is 2. The van der Waals surface area contributed by atoms with E-state index in [1.54, 1.807) is 18.2 Å². The minimum absolute atomic E-state index is 0.0246. The summed E-state index contributed by atoms with van der Waals surface area (Å²) in [4.78, 5) is 27.7. The number of thiocarbonyl (C=S) groups is 1. The SMILES string of the molecule is C=CCN1C(=O)/C(=C2/C(=O)N(S(=O)(=O)c3ccc(OC)cc3)c3ccccc32)SC1=S. The van der Waals surface area contributed by atoms with E-state index in [2.05, 4.69) is 6.58 Å². The third-order valence-electron chi connectivity index (χ3n) is 4.78.